The van der Waals surface area contributed by atoms with E-state index in [1.807, 2.05) is 36.6 Å². The molecule has 1 aliphatic rings. The highest BCUT2D eigenvalue weighted by molar-refractivity contribution is 7.09. The van der Waals surface area contributed by atoms with Crippen molar-refractivity contribution >= 4 is 22.9 Å². The molecule has 1 aromatic carbocycles. The first-order valence-electron chi connectivity index (χ1n) is 6.88. The van der Waals surface area contributed by atoms with Crippen molar-refractivity contribution in [2.75, 3.05) is 25.0 Å². The van der Waals surface area contributed by atoms with Crippen LogP contribution in [0.25, 0.3) is 11.3 Å². The van der Waals surface area contributed by atoms with Crippen molar-refractivity contribution in [1.29, 1.82) is 0 Å². The lowest BCUT2D eigenvalue weighted by molar-refractivity contribution is -0.128. The lowest BCUT2D eigenvalue weighted by atomic mass is 10.1. The second-order valence-corrected chi connectivity index (χ2v) is 5.95. The molecule has 3 rings (SSSR count). The lowest BCUT2D eigenvalue weighted by Crippen LogP contribution is -2.45. The number of carbonyl (C=O) groups is 1. The molecular formula is C15H17N3O2S. The molecule has 0 saturated carbocycles. The molecule has 6 heteroatoms. The fraction of sp³-hybridized carbons (Fsp3) is 0.333. The molecule has 0 spiro atoms. The van der Waals surface area contributed by atoms with Crippen LogP contribution in [0.4, 0.5) is 5.69 Å². The minimum Gasteiger partial charge on any atom is -0.366 e. The van der Waals surface area contributed by atoms with Gasteiger partial charge in [0.15, 0.2) is 0 Å². The molecule has 110 valence electrons. The highest BCUT2D eigenvalue weighted by atomic mass is 32.1. The van der Waals surface area contributed by atoms with Crippen molar-refractivity contribution in [3.8, 4) is 11.3 Å². The van der Waals surface area contributed by atoms with Gasteiger partial charge in [0.05, 0.1) is 17.3 Å². The van der Waals surface area contributed by atoms with Gasteiger partial charge in [0.2, 0.25) is 0 Å². The van der Waals surface area contributed by atoms with Gasteiger partial charge >= 0.3 is 0 Å². The first kappa shape index (κ1) is 14.2. The number of rotatable bonds is 3. The number of aryl methyl sites for hydroxylation is 1. The van der Waals surface area contributed by atoms with E-state index in [1.54, 1.807) is 11.3 Å². The lowest BCUT2D eigenvalue weighted by Gasteiger charge is -2.22. The van der Waals surface area contributed by atoms with Crippen molar-refractivity contribution in [3.05, 3.63) is 34.7 Å². The average Bonchev–Trinajstić information content (AvgIpc) is 2.95. The van der Waals surface area contributed by atoms with Crippen molar-refractivity contribution in [2.24, 2.45) is 0 Å². The van der Waals surface area contributed by atoms with Crippen molar-refractivity contribution in [2.45, 2.75) is 13.0 Å². The number of ether oxygens (including phenoxy) is 1. The van der Waals surface area contributed by atoms with Gasteiger partial charge in [0.25, 0.3) is 5.91 Å². The topological polar surface area (TPSA) is 63.2 Å². The maximum Gasteiger partial charge on any atom is 0.254 e. The van der Waals surface area contributed by atoms with E-state index >= 15 is 0 Å². The molecular weight excluding hydrogens is 286 g/mol. The average molecular weight is 303 g/mol. The smallest absolute Gasteiger partial charge is 0.254 e. The number of hydrogen-bond acceptors (Lipinski definition) is 5. The second kappa shape index (κ2) is 6.34. The Morgan fingerprint density at radius 3 is 3.14 bits per heavy atom. The van der Waals surface area contributed by atoms with E-state index in [0.717, 1.165) is 28.5 Å². The van der Waals surface area contributed by atoms with Crippen LogP contribution in [0.15, 0.2) is 29.6 Å². The molecule has 1 unspecified atom stereocenters. The van der Waals surface area contributed by atoms with Crippen LogP contribution >= 0.6 is 11.3 Å². The second-order valence-electron chi connectivity index (χ2n) is 4.89. The van der Waals surface area contributed by atoms with Gasteiger partial charge < -0.3 is 15.4 Å². The zero-order valence-corrected chi connectivity index (χ0v) is 12.6. The maximum atomic E-state index is 12.1. The molecule has 1 atom stereocenters. The number of benzene rings is 1. The SMILES string of the molecule is Cc1nc(-c2cccc(NC(=O)C3CNCCO3)c2)cs1. The van der Waals surface area contributed by atoms with E-state index in [4.69, 9.17) is 4.74 Å². The number of morpholine rings is 1. The first-order valence-corrected chi connectivity index (χ1v) is 7.76. The molecule has 2 heterocycles. The molecule has 2 N–H and O–H groups in total. The first-order chi connectivity index (χ1) is 10.2. The maximum absolute atomic E-state index is 12.1. The third kappa shape index (κ3) is 3.47. The van der Waals surface area contributed by atoms with Gasteiger partial charge in [-0.1, -0.05) is 12.1 Å². The molecule has 1 aromatic heterocycles. The summed E-state index contributed by atoms with van der Waals surface area (Å²) in [4.78, 5) is 16.6. The number of nitrogens with zero attached hydrogens (tertiary/aromatic N) is 1. The minimum absolute atomic E-state index is 0.117. The highest BCUT2D eigenvalue weighted by Crippen LogP contribution is 2.24. The number of carbonyl (C=O) groups excluding carboxylic acids is 1. The molecule has 5 nitrogen and oxygen atoms in total. The zero-order chi connectivity index (χ0) is 14.7. The van der Waals surface area contributed by atoms with Crippen LogP contribution in [0.3, 0.4) is 0 Å². The minimum atomic E-state index is -0.427. The molecule has 1 aliphatic heterocycles. The Bertz CT molecular complexity index is 635. The Kier molecular flexibility index (Phi) is 4.28. The third-order valence-electron chi connectivity index (χ3n) is 3.26. The zero-order valence-electron chi connectivity index (χ0n) is 11.8. The van der Waals surface area contributed by atoms with Gasteiger partial charge in [0.1, 0.15) is 6.10 Å². The number of hydrogen-bond donors (Lipinski definition) is 2. The van der Waals surface area contributed by atoms with E-state index in [1.165, 1.54) is 0 Å². The van der Waals surface area contributed by atoms with Crippen LogP contribution in [0.2, 0.25) is 0 Å². The monoisotopic (exact) mass is 303 g/mol. The van der Waals surface area contributed by atoms with Crippen molar-refractivity contribution in [3.63, 3.8) is 0 Å². The highest BCUT2D eigenvalue weighted by Gasteiger charge is 2.21. The summed E-state index contributed by atoms with van der Waals surface area (Å²) in [6.45, 7) is 3.89. The van der Waals surface area contributed by atoms with E-state index in [-0.39, 0.29) is 5.91 Å². The Morgan fingerprint density at radius 1 is 1.52 bits per heavy atom. The summed E-state index contributed by atoms with van der Waals surface area (Å²) >= 11 is 1.61. The molecule has 0 aliphatic carbocycles. The summed E-state index contributed by atoms with van der Waals surface area (Å²) in [6.07, 6.45) is -0.427. The Hall–Kier alpha value is -1.76. The van der Waals surface area contributed by atoms with Gasteiger partial charge in [-0.05, 0) is 19.1 Å². The van der Waals surface area contributed by atoms with Crippen LogP contribution in [-0.4, -0.2) is 36.7 Å². The summed E-state index contributed by atoms with van der Waals surface area (Å²) in [5.74, 6) is -0.117. The largest absolute Gasteiger partial charge is 0.366 e. The molecule has 1 fully saturated rings. The van der Waals surface area contributed by atoms with Gasteiger partial charge in [-0.3, -0.25) is 4.79 Å². The number of nitrogens with one attached hydrogen (secondary N) is 2. The summed E-state index contributed by atoms with van der Waals surface area (Å²) in [5, 5.41) is 9.09. The molecule has 0 radical (unpaired) electrons. The summed E-state index contributed by atoms with van der Waals surface area (Å²) in [5.41, 5.74) is 2.70. The predicted molar refractivity (Wildman–Crippen MR) is 83.5 cm³/mol. The van der Waals surface area contributed by atoms with E-state index in [2.05, 4.69) is 15.6 Å². The van der Waals surface area contributed by atoms with Crippen molar-refractivity contribution < 1.29 is 9.53 Å². The van der Waals surface area contributed by atoms with Crippen LogP contribution in [0.5, 0.6) is 0 Å². The van der Waals surface area contributed by atoms with E-state index < -0.39 is 6.10 Å². The molecule has 1 amide bonds. The van der Waals surface area contributed by atoms with Gasteiger partial charge in [-0.2, -0.15) is 0 Å². The van der Waals surface area contributed by atoms with Crippen LogP contribution in [0, 0.1) is 6.92 Å². The van der Waals surface area contributed by atoms with Gasteiger partial charge in [-0.15, -0.1) is 11.3 Å². The Labute approximate surface area is 127 Å². The van der Waals surface area contributed by atoms with Gasteiger partial charge in [-0.25, -0.2) is 4.98 Å². The standard InChI is InChI=1S/C15H17N3O2S/c1-10-17-13(9-21-10)11-3-2-4-12(7-11)18-15(19)14-8-16-5-6-20-14/h2-4,7,9,14,16H,5-6,8H2,1H3,(H,18,19). The third-order valence-corrected chi connectivity index (χ3v) is 4.04. The Balaban J connectivity index is 1.72. The van der Waals surface area contributed by atoms with Crippen LogP contribution in [-0.2, 0) is 9.53 Å². The fourth-order valence-corrected chi connectivity index (χ4v) is 2.83. The quantitative estimate of drug-likeness (QED) is 0.911. The number of aromatic nitrogens is 1. The van der Waals surface area contributed by atoms with Crippen molar-refractivity contribution in [1.82, 2.24) is 10.3 Å². The van der Waals surface area contributed by atoms with E-state index in [0.29, 0.717) is 13.2 Å². The van der Waals surface area contributed by atoms with Crippen LogP contribution < -0.4 is 10.6 Å². The normalized spacial score (nSPS) is 18.4. The molecule has 2 aromatic rings. The van der Waals surface area contributed by atoms with Gasteiger partial charge in [0, 0.05) is 29.7 Å². The molecule has 0 bridgehead atoms. The Morgan fingerprint density at radius 2 is 2.43 bits per heavy atom. The van der Waals surface area contributed by atoms with Crippen LogP contribution in [0.1, 0.15) is 5.01 Å². The van der Waals surface area contributed by atoms with E-state index in [9.17, 15) is 4.79 Å². The summed E-state index contributed by atoms with van der Waals surface area (Å²) < 4.78 is 5.44. The molecule has 21 heavy (non-hydrogen) atoms. The number of anilines is 1. The number of thiazole rings is 1. The molecule has 1 saturated heterocycles. The number of amides is 1. The fourth-order valence-electron chi connectivity index (χ4n) is 2.21. The summed E-state index contributed by atoms with van der Waals surface area (Å²) in [7, 11) is 0. The summed E-state index contributed by atoms with van der Waals surface area (Å²) in [6, 6.07) is 7.71. The predicted octanol–water partition coefficient (Wildman–Crippen LogP) is 2.05.